The van der Waals surface area contributed by atoms with Gasteiger partial charge < -0.3 is 0 Å². The molecule has 0 aliphatic heterocycles. The molecule has 7 aromatic rings. The third-order valence-corrected chi connectivity index (χ3v) is 13.4. The van der Waals surface area contributed by atoms with Gasteiger partial charge in [0.25, 0.3) is 0 Å². The van der Waals surface area contributed by atoms with Crippen molar-refractivity contribution in [3.8, 4) is 0 Å². The lowest BCUT2D eigenvalue weighted by molar-refractivity contribution is 0.770. The van der Waals surface area contributed by atoms with E-state index in [4.69, 9.17) is 0 Å². The van der Waals surface area contributed by atoms with Crippen LogP contribution in [0.25, 0.3) is 32.3 Å². The van der Waals surface area contributed by atoms with Crippen LogP contribution in [0.15, 0.2) is 109 Å². The molecule has 0 amide bonds. The zero-order valence-electron chi connectivity index (χ0n) is 25.0. The first-order valence-corrected chi connectivity index (χ1v) is 17.1. The maximum absolute atomic E-state index is 2.57. The van der Waals surface area contributed by atoms with Gasteiger partial charge in [0.1, 0.15) is 0 Å². The van der Waals surface area contributed by atoms with Crippen LogP contribution in [-0.2, 0) is 0 Å². The molecular weight excluding hydrogens is 540 g/mol. The van der Waals surface area contributed by atoms with Crippen LogP contribution in [-0.4, -0.2) is 0 Å². The van der Waals surface area contributed by atoms with Crippen LogP contribution < -0.4 is 0 Å². The Morgan fingerprint density at radius 2 is 0.444 bits per heavy atom. The molecule has 0 saturated heterocycles. The number of rotatable bonds is 0. The molecule has 0 N–H and O–H groups in total. The van der Waals surface area contributed by atoms with Gasteiger partial charge in [-0.2, -0.15) is 0 Å². The summed E-state index contributed by atoms with van der Waals surface area (Å²) in [4.78, 5) is 0. The van der Waals surface area contributed by atoms with Crippen LogP contribution in [0.1, 0.15) is 122 Å². The molecule has 0 heteroatoms. The van der Waals surface area contributed by atoms with Crippen LogP contribution in [0.5, 0.6) is 0 Å². The second-order valence-electron chi connectivity index (χ2n) is 15.0. The van der Waals surface area contributed by atoms with E-state index in [1.807, 2.05) is 0 Å². The Bertz CT molecular complexity index is 2090. The normalized spacial score (nSPS) is 26.4. The van der Waals surface area contributed by atoms with E-state index in [1.165, 1.54) is 51.6 Å². The molecule has 6 aliphatic rings. The zero-order valence-corrected chi connectivity index (χ0v) is 25.0. The highest BCUT2D eigenvalue weighted by molar-refractivity contribution is 5.91. The van der Waals surface area contributed by atoms with Gasteiger partial charge in [0.15, 0.2) is 0 Å². The van der Waals surface area contributed by atoms with E-state index in [0.29, 0.717) is 35.5 Å². The summed E-state index contributed by atoms with van der Waals surface area (Å²) in [7, 11) is 0. The minimum absolute atomic E-state index is 0.544. The van der Waals surface area contributed by atoms with Crippen molar-refractivity contribution in [3.63, 3.8) is 0 Å². The molecule has 0 fully saturated rings. The molecule has 0 unspecified atom stereocenters. The van der Waals surface area contributed by atoms with Gasteiger partial charge >= 0.3 is 0 Å². The molecule has 0 aromatic heterocycles. The van der Waals surface area contributed by atoms with Crippen molar-refractivity contribution in [2.45, 2.75) is 54.8 Å². The Labute approximate surface area is 262 Å². The van der Waals surface area contributed by atoms with Crippen molar-refractivity contribution in [1.82, 2.24) is 0 Å². The third-order valence-electron chi connectivity index (χ3n) is 13.4. The fraction of sp³-hybridized carbons (Fsp3) is 0.200. The Hall–Kier alpha value is -4.68. The second kappa shape index (κ2) is 7.40. The summed E-state index contributed by atoms with van der Waals surface area (Å²) < 4.78 is 0. The minimum atomic E-state index is 0.544. The van der Waals surface area contributed by atoms with E-state index in [-0.39, 0.29) is 0 Å². The summed E-state index contributed by atoms with van der Waals surface area (Å²) in [5, 5.41) is 8.42. The lowest BCUT2D eigenvalue weighted by Gasteiger charge is -2.35. The SMILES string of the molecule is c1ccc2cc3c(cc2c1)[C@H]1C[C@@H]3c2c1c1c(c3c2[C@@H]2C[C@H]3c3cc4ccccc4cc32)[C@H]2C[C@@H]1c1cc3ccccc3cc12. The smallest absolute Gasteiger partial charge is 0.0108 e. The monoisotopic (exact) mass is 570 g/mol. The average Bonchev–Trinajstić information content (AvgIpc) is 3.93. The van der Waals surface area contributed by atoms with Crippen LogP contribution in [0.4, 0.5) is 0 Å². The van der Waals surface area contributed by atoms with Gasteiger partial charge in [-0.25, -0.2) is 0 Å². The fourth-order valence-electron chi connectivity index (χ4n) is 11.9. The number of hydrogen-bond donors (Lipinski definition) is 0. The molecule has 210 valence electrons. The summed E-state index contributed by atoms with van der Waals surface area (Å²) in [5.74, 6) is 3.26. The predicted molar refractivity (Wildman–Crippen MR) is 183 cm³/mol. The lowest BCUT2D eigenvalue weighted by atomic mass is 9.69. The van der Waals surface area contributed by atoms with E-state index in [1.54, 1.807) is 66.8 Å². The summed E-state index contributed by atoms with van der Waals surface area (Å²) in [6, 6.07) is 42.6. The largest absolute Gasteiger partial charge is 0.0616 e. The maximum Gasteiger partial charge on any atom is 0.0108 e. The Balaban J connectivity index is 1.12. The highest BCUT2D eigenvalue weighted by Crippen LogP contribution is 2.72. The standard InChI is InChI=1S/C45H30/c1-2-8-23-14-29-28(13-22(23)7-1)34-19-35(29)41-40(34)42-36-20-38(31-16-25-10-4-3-9-24(25)15-30(31)36)44(42)45-39-21-37(43(41)45)32-17-26-11-5-6-12-27(26)18-33(32)39/h1-18,34-39H,19-21H2/t34-,35+,36-,37-,38+,39+. The van der Waals surface area contributed by atoms with Crippen molar-refractivity contribution in [3.05, 3.63) is 176 Å². The first kappa shape index (κ1) is 22.8. The molecule has 0 nitrogen and oxygen atoms in total. The molecule has 0 radical (unpaired) electrons. The molecule has 6 aliphatic carbocycles. The summed E-state index contributed by atoms with van der Waals surface area (Å²) >= 11 is 0. The van der Waals surface area contributed by atoms with Crippen molar-refractivity contribution >= 4 is 32.3 Å². The quantitative estimate of drug-likeness (QED) is 0.170. The Kier molecular flexibility index (Phi) is 3.75. The summed E-state index contributed by atoms with van der Waals surface area (Å²) in [6.45, 7) is 0. The molecule has 6 atom stereocenters. The molecule has 0 spiro atoms. The van der Waals surface area contributed by atoms with Gasteiger partial charge in [-0.1, -0.05) is 109 Å². The Morgan fingerprint density at radius 3 is 0.622 bits per heavy atom. The van der Waals surface area contributed by atoms with Gasteiger partial charge in [0, 0.05) is 35.5 Å². The first-order valence-electron chi connectivity index (χ1n) is 17.1. The maximum atomic E-state index is 2.57. The molecule has 0 heterocycles. The van der Waals surface area contributed by atoms with E-state index >= 15 is 0 Å². The van der Waals surface area contributed by atoms with Crippen molar-refractivity contribution in [2.75, 3.05) is 0 Å². The van der Waals surface area contributed by atoms with Gasteiger partial charge in [-0.15, -0.1) is 0 Å². The zero-order chi connectivity index (χ0) is 28.7. The number of hydrogen-bond acceptors (Lipinski definition) is 0. The topological polar surface area (TPSA) is 0 Å². The third kappa shape index (κ3) is 2.49. The molecule has 0 saturated carbocycles. The van der Waals surface area contributed by atoms with Gasteiger partial charge in [0.2, 0.25) is 0 Å². The highest BCUT2D eigenvalue weighted by Gasteiger charge is 2.56. The van der Waals surface area contributed by atoms with E-state index in [0.717, 1.165) is 0 Å². The average molecular weight is 571 g/mol. The molecular formula is C45H30. The second-order valence-corrected chi connectivity index (χ2v) is 15.0. The van der Waals surface area contributed by atoms with Crippen LogP contribution >= 0.6 is 0 Å². The number of benzene rings is 7. The van der Waals surface area contributed by atoms with Crippen LogP contribution in [0, 0.1) is 0 Å². The van der Waals surface area contributed by atoms with Crippen molar-refractivity contribution in [1.29, 1.82) is 0 Å². The summed E-state index contributed by atoms with van der Waals surface area (Å²) in [5.41, 5.74) is 20.4. The van der Waals surface area contributed by atoms with Crippen molar-refractivity contribution in [2.24, 2.45) is 0 Å². The Morgan fingerprint density at radius 1 is 0.267 bits per heavy atom. The van der Waals surface area contributed by atoms with Crippen LogP contribution in [0.3, 0.4) is 0 Å². The van der Waals surface area contributed by atoms with Crippen molar-refractivity contribution < 1.29 is 0 Å². The molecule has 7 aromatic carbocycles. The van der Waals surface area contributed by atoms with Crippen LogP contribution in [0.2, 0.25) is 0 Å². The highest BCUT2D eigenvalue weighted by atomic mass is 14.6. The summed E-state index contributed by atoms with van der Waals surface area (Å²) in [6.07, 6.45) is 3.81. The molecule has 13 rings (SSSR count). The molecule has 6 bridgehead atoms. The fourth-order valence-corrected chi connectivity index (χ4v) is 11.9. The van der Waals surface area contributed by atoms with E-state index in [2.05, 4.69) is 109 Å². The predicted octanol–water partition coefficient (Wildman–Crippen LogP) is 11.1. The lowest BCUT2D eigenvalue weighted by Crippen LogP contribution is -2.19. The van der Waals surface area contributed by atoms with Gasteiger partial charge in [0.05, 0.1) is 0 Å². The van der Waals surface area contributed by atoms with Gasteiger partial charge in [-0.05, 0) is 118 Å². The minimum Gasteiger partial charge on any atom is -0.0616 e. The number of fused-ring (bicyclic) bond motifs is 30. The first-order chi connectivity index (χ1) is 22.3. The van der Waals surface area contributed by atoms with E-state index in [9.17, 15) is 0 Å². The van der Waals surface area contributed by atoms with E-state index < -0.39 is 0 Å². The van der Waals surface area contributed by atoms with Gasteiger partial charge in [-0.3, -0.25) is 0 Å². The molecule has 45 heavy (non-hydrogen) atoms.